The summed E-state index contributed by atoms with van der Waals surface area (Å²) in [6.45, 7) is 10.2. The number of nitrogens with zero attached hydrogens (tertiary/aromatic N) is 1. The summed E-state index contributed by atoms with van der Waals surface area (Å²) in [5, 5.41) is 3.19. The molecule has 0 fully saturated rings. The Balaban J connectivity index is 4.11. The zero-order valence-electron chi connectivity index (χ0n) is 13.7. The maximum atomic E-state index is 12.0. The standard InChI is InChI=1S/C14H30N2O4/c1-7-9-16(13(17)20-14(2,3)4)10-8-15-11-12(18-5)19-6/h12,15H,7-11H2,1-6H3. The van der Waals surface area contributed by atoms with Gasteiger partial charge in [0.15, 0.2) is 6.29 Å². The number of rotatable bonds is 9. The highest BCUT2D eigenvalue weighted by molar-refractivity contribution is 5.68. The summed E-state index contributed by atoms with van der Waals surface area (Å²) in [6.07, 6.45) is 0.366. The third kappa shape index (κ3) is 9.12. The minimum Gasteiger partial charge on any atom is -0.444 e. The Morgan fingerprint density at radius 1 is 1.20 bits per heavy atom. The molecule has 0 saturated carbocycles. The molecule has 0 aliphatic rings. The van der Waals surface area contributed by atoms with Crippen molar-refractivity contribution in [1.29, 1.82) is 0 Å². The van der Waals surface area contributed by atoms with E-state index >= 15 is 0 Å². The summed E-state index contributed by atoms with van der Waals surface area (Å²) in [7, 11) is 3.19. The molecule has 120 valence electrons. The molecule has 0 aromatic heterocycles. The fourth-order valence-corrected chi connectivity index (χ4v) is 1.59. The van der Waals surface area contributed by atoms with Crippen molar-refractivity contribution in [1.82, 2.24) is 10.2 Å². The fraction of sp³-hybridized carbons (Fsp3) is 0.929. The van der Waals surface area contributed by atoms with E-state index in [0.717, 1.165) is 6.42 Å². The second-order valence-corrected chi connectivity index (χ2v) is 5.57. The molecule has 6 heteroatoms. The van der Waals surface area contributed by atoms with Crippen molar-refractivity contribution in [3.05, 3.63) is 0 Å². The van der Waals surface area contributed by atoms with Gasteiger partial charge in [-0.15, -0.1) is 0 Å². The molecule has 20 heavy (non-hydrogen) atoms. The molecule has 1 amide bonds. The van der Waals surface area contributed by atoms with Crippen LogP contribution in [0.15, 0.2) is 0 Å². The van der Waals surface area contributed by atoms with E-state index in [4.69, 9.17) is 14.2 Å². The Hall–Kier alpha value is -0.850. The fourth-order valence-electron chi connectivity index (χ4n) is 1.59. The van der Waals surface area contributed by atoms with Gasteiger partial charge in [-0.05, 0) is 27.2 Å². The van der Waals surface area contributed by atoms with Crippen LogP contribution in [0.1, 0.15) is 34.1 Å². The van der Waals surface area contributed by atoms with E-state index < -0.39 is 5.60 Å². The molecule has 0 saturated heterocycles. The van der Waals surface area contributed by atoms with E-state index in [1.54, 1.807) is 19.1 Å². The van der Waals surface area contributed by atoms with Gasteiger partial charge in [-0.25, -0.2) is 4.79 Å². The first-order valence-corrected chi connectivity index (χ1v) is 7.08. The summed E-state index contributed by atoms with van der Waals surface area (Å²) >= 11 is 0. The lowest BCUT2D eigenvalue weighted by molar-refractivity contribution is -0.0987. The van der Waals surface area contributed by atoms with Crippen molar-refractivity contribution in [2.24, 2.45) is 0 Å². The molecule has 6 nitrogen and oxygen atoms in total. The van der Waals surface area contributed by atoms with Gasteiger partial charge >= 0.3 is 6.09 Å². The van der Waals surface area contributed by atoms with Crippen LogP contribution in [0.2, 0.25) is 0 Å². The first-order valence-electron chi connectivity index (χ1n) is 7.08. The van der Waals surface area contributed by atoms with E-state index in [9.17, 15) is 4.79 Å². The number of carbonyl (C=O) groups excluding carboxylic acids is 1. The average molecular weight is 290 g/mol. The lowest BCUT2D eigenvalue weighted by Crippen LogP contribution is -2.42. The Labute approximate surface area is 122 Å². The van der Waals surface area contributed by atoms with Gasteiger partial charge in [0.05, 0.1) is 0 Å². The molecular formula is C14H30N2O4. The molecule has 0 aliphatic carbocycles. The van der Waals surface area contributed by atoms with Gasteiger partial charge in [-0.1, -0.05) is 6.92 Å². The van der Waals surface area contributed by atoms with Gasteiger partial charge in [-0.2, -0.15) is 0 Å². The Morgan fingerprint density at radius 2 is 1.80 bits per heavy atom. The first kappa shape index (κ1) is 19.1. The number of amides is 1. The Morgan fingerprint density at radius 3 is 2.25 bits per heavy atom. The number of hydrogen-bond donors (Lipinski definition) is 1. The summed E-state index contributed by atoms with van der Waals surface area (Å²) in [5.74, 6) is 0. The summed E-state index contributed by atoms with van der Waals surface area (Å²) < 4.78 is 15.5. The molecule has 0 aromatic rings. The van der Waals surface area contributed by atoms with Gasteiger partial charge in [0.2, 0.25) is 0 Å². The van der Waals surface area contributed by atoms with Gasteiger partial charge in [0, 0.05) is 40.4 Å². The zero-order valence-corrected chi connectivity index (χ0v) is 13.7. The molecule has 0 heterocycles. The first-order chi connectivity index (χ1) is 9.34. The lowest BCUT2D eigenvalue weighted by atomic mass is 10.2. The Kier molecular flexibility index (Phi) is 9.54. The van der Waals surface area contributed by atoms with Gasteiger partial charge in [0.1, 0.15) is 5.60 Å². The molecule has 0 spiro atoms. The van der Waals surface area contributed by atoms with Crippen molar-refractivity contribution < 1.29 is 19.0 Å². The highest BCUT2D eigenvalue weighted by atomic mass is 16.7. The van der Waals surface area contributed by atoms with E-state index in [1.165, 1.54) is 0 Å². The number of hydrogen-bond acceptors (Lipinski definition) is 5. The molecule has 0 unspecified atom stereocenters. The monoisotopic (exact) mass is 290 g/mol. The van der Waals surface area contributed by atoms with Crippen LogP contribution in [-0.2, 0) is 14.2 Å². The molecule has 0 radical (unpaired) electrons. The van der Waals surface area contributed by atoms with E-state index in [0.29, 0.717) is 26.2 Å². The highest BCUT2D eigenvalue weighted by Crippen LogP contribution is 2.10. The van der Waals surface area contributed by atoms with E-state index in [2.05, 4.69) is 5.32 Å². The maximum Gasteiger partial charge on any atom is 0.410 e. The molecule has 0 atom stereocenters. The molecular weight excluding hydrogens is 260 g/mol. The lowest BCUT2D eigenvalue weighted by Gasteiger charge is -2.27. The van der Waals surface area contributed by atoms with Crippen LogP contribution in [-0.4, -0.2) is 63.3 Å². The molecule has 0 bridgehead atoms. The predicted molar refractivity (Wildman–Crippen MR) is 78.8 cm³/mol. The van der Waals surface area contributed by atoms with Gasteiger partial charge < -0.3 is 24.4 Å². The third-order valence-corrected chi connectivity index (χ3v) is 2.54. The van der Waals surface area contributed by atoms with Gasteiger partial charge in [0.25, 0.3) is 0 Å². The van der Waals surface area contributed by atoms with Crippen molar-refractivity contribution in [2.45, 2.75) is 46.0 Å². The van der Waals surface area contributed by atoms with Crippen molar-refractivity contribution >= 4 is 6.09 Å². The zero-order chi connectivity index (χ0) is 15.6. The molecule has 1 N–H and O–H groups in total. The maximum absolute atomic E-state index is 12.0. The van der Waals surface area contributed by atoms with Crippen LogP contribution in [0, 0.1) is 0 Å². The minimum atomic E-state index is -0.465. The van der Waals surface area contributed by atoms with Gasteiger partial charge in [-0.3, -0.25) is 0 Å². The summed E-state index contributed by atoms with van der Waals surface area (Å²) in [6, 6.07) is 0. The topological polar surface area (TPSA) is 60.0 Å². The van der Waals surface area contributed by atoms with E-state index in [-0.39, 0.29) is 12.4 Å². The predicted octanol–water partition coefficient (Wildman–Crippen LogP) is 1.84. The van der Waals surface area contributed by atoms with Crippen molar-refractivity contribution in [2.75, 3.05) is 40.4 Å². The number of carbonyl (C=O) groups is 1. The van der Waals surface area contributed by atoms with Crippen LogP contribution >= 0.6 is 0 Å². The normalized spacial score (nSPS) is 11.8. The SMILES string of the molecule is CCCN(CCNCC(OC)OC)C(=O)OC(C)(C)C. The smallest absolute Gasteiger partial charge is 0.410 e. The quantitative estimate of drug-likeness (QED) is 0.518. The molecule has 0 aliphatic heterocycles. The van der Waals surface area contributed by atoms with E-state index in [1.807, 2.05) is 27.7 Å². The third-order valence-electron chi connectivity index (χ3n) is 2.54. The van der Waals surface area contributed by atoms with Crippen LogP contribution in [0.25, 0.3) is 0 Å². The van der Waals surface area contributed by atoms with Crippen molar-refractivity contribution in [3.63, 3.8) is 0 Å². The van der Waals surface area contributed by atoms with Crippen LogP contribution in [0.4, 0.5) is 4.79 Å². The second kappa shape index (κ2) is 9.96. The van der Waals surface area contributed by atoms with Crippen LogP contribution in [0.3, 0.4) is 0 Å². The number of nitrogens with one attached hydrogen (secondary N) is 1. The molecule has 0 rings (SSSR count). The second-order valence-electron chi connectivity index (χ2n) is 5.57. The van der Waals surface area contributed by atoms with Crippen LogP contribution < -0.4 is 5.32 Å². The summed E-state index contributed by atoms with van der Waals surface area (Å²) in [5.41, 5.74) is -0.465. The average Bonchev–Trinajstić information content (AvgIpc) is 2.35. The Bertz CT molecular complexity index is 262. The van der Waals surface area contributed by atoms with Crippen molar-refractivity contribution in [3.8, 4) is 0 Å². The minimum absolute atomic E-state index is 0.267. The molecule has 0 aromatic carbocycles. The number of ether oxygens (including phenoxy) is 3. The van der Waals surface area contributed by atoms with Crippen LogP contribution in [0.5, 0.6) is 0 Å². The largest absolute Gasteiger partial charge is 0.444 e. The summed E-state index contributed by atoms with van der Waals surface area (Å²) in [4.78, 5) is 13.7. The highest BCUT2D eigenvalue weighted by Gasteiger charge is 2.21. The number of methoxy groups -OCH3 is 2.